The molecule has 0 saturated heterocycles. The van der Waals surface area contributed by atoms with Gasteiger partial charge in [0.25, 0.3) is 0 Å². The highest BCUT2D eigenvalue weighted by molar-refractivity contribution is 5.25. The van der Waals surface area contributed by atoms with E-state index < -0.39 is 0 Å². The van der Waals surface area contributed by atoms with Crippen LogP contribution in [0.4, 0.5) is 0 Å². The van der Waals surface area contributed by atoms with E-state index in [1.807, 2.05) is 0 Å². The predicted molar refractivity (Wildman–Crippen MR) is 75.3 cm³/mol. The molecule has 1 aromatic rings. The van der Waals surface area contributed by atoms with Gasteiger partial charge in [0, 0.05) is 5.92 Å². The second-order valence-electron chi connectivity index (χ2n) is 5.74. The summed E-state index contributed by atoms with van der Waals surface area (Å²) in [4.78, 5) is 0. The van der Waals surface area contributed by atoms with Crippen molar-refractivity contribution in [2.75, 3.05) is 0 Å². The van der Waals surface area contributed by atoms with Gasteiger partial charge in [0.05, 0.1) is 6.07 Å². The van der Waals surface area contributed by atoms with E-state index in [9.17, 15) is 5.26 Å². The van der Waals surface area contributed by atoms with Crippen molar-refractivity contribution < 1.29 is 0 Å². The molecule has 18 heavy (non-hydrogen) atoms. The van der Waals surface area contributed by atoms with Gasteiger partial charge in [-0.15, -0.1) is 0 Å². The predicted octanol–water partition coefficient (Wildman–Crippen LogP) is 4.82. The average molecular weight is 241 g/mol. The van der Waals surface area contributed by atoms with E-state index in [0.717, 1.165) is 0 Å². The number of hydrogen-bond acceptors (Lipinski definition) is 1. The lowest BCUT2D eigenvalue weighted by molar-refractivity contribution is 0.331. The zero-order valence-corrected chi connectivity index (χ0v) is 11.5. The number of nitrogens with zero attached hydrogens (tertiary/aromatic N) is 1. The van der Waals surface area contributed by atoms with Crippen LogP contribution < -0.4 is 0 Å². The first-order valence-corrected chi connectivity index (χ1v) is 7.18. The molecule has 0 aliphatic heterocycles. The third-order valence-electron chi connectivity index (χ3n) is 4.42. The van der Waals surface area contributed by atoms with E-state index >= 15 is 0 Å². The zero-order valence-electron chi connectivity index (χ0n) is 11.5. The Labute approximate surface area is 111 Å². The zero-order chi connectivity index (χ0) is 13.0. The van der Waals surface area contributed by atoms with Gasteiger partial charge in [-0.05, 0) is 44.1 Å². The quantitative estimate of drug-likeness (QED) is 0.681. The van der Waals surface area contributed by atoms with Gasteiger partial charge in [-0.3, -0.25) is 0 Å². The number of nitriles is 1. The molecule has 0 radical (unpaired) electrons. The number of rotatable bonds is 2. The number of aryl methyl sites for hydroxylation is 1. The summed E-state index contributed by atoms with van der Waals surface area (Å²) in [6, 6.07) is 11.4. The molecule has 3 unspecified atom stereocenters. The average Bonchev–Trinajstić information content (AvgIpc) is 2.64. The first kappa shape index (κ1) is 13.1. The summed E-state index contributed by atoms with van der Waals surface area (Å²) < 4.78 is 0. The summed E-state index contributed by atoms with van der Waals surface area (Å²) in [5.74, 6) is 1.30. The molecule has 1 aromatic carbocycles. The van der Waals surface area contributed by atoms with Gasteiger partial charge in [0.2, 0.25) is 0 Å². The van der Waals surface area contributed by atoms with Crippen molar-refractivity contribution >= 4 is 0 Å². The third-order valence-corrected chi connectivity index (χ3v) is 4.42. The van der Waals surface area contributed by atoms with Crippen LogP contribution in [0.15, 0.2) is 24.3 Å². The molecule has 1 aliphatic rings. The normalized spacial score (nSPS) is 26.1. The molecule has 1 nitrogen and oxygen atoms in total. The number of benzene rings is 1. The van der Waals surface area contributed by atoms with E-state index in [4.69, 9.17) is 0 Å². The lowest BCUT2D eigenvalue weighted by Crippen LogP contribution is -2.18. The standard InChI is InChI=1S/C17H23N/c1-13-8-10-15(11-9-13)17-7-5-3-4-6-16(17)14(2)12-18/h8-11,14,16-17H,3-7H2,1-2H3. The fourth-order valence-corrected chi connectivity index (χ4v) is 3.26. The number of hydrogen-bond donors (Lipinski definition) is 0. The van der Waals surface area contributed by atoms with Crippen molar-refractivity contribution in [3.8, 4) is 6.07 Å². The molecular formula is C17H23N. The molecule has 0 heterocycles. The van der Waals surface area contributed by atoms with Crippen LogP contribution in [0.2, 0.25) is 0 Å². The lowest BCUT2D eigenvalue weighted by Gasteiger charge is -2.27. The smallest absolute Gasteiger partial charge is 0.0656 e. The molecule has 1 heteroatoms. The Morgan fingerprint density at radius 1 is 1.11 bits per heavy atom. The third kappa shape index (κ3) is 2.93. The molecule has 3 atom stereocenters. The second kappa shape index (κ2) is 6.05. The molecule has 2 rings (SSSR count). The van der Waals surface area contributed by atoms with Crippen LogP contribution >= 0.6 is 0 Å². The maximum absolute atomic E-state index is 9.24. The Morgan fingerprint density at radius 3 is 2.44 bits per heavy atom. The largest absolute Gasteiger partial charge is 0.198 e. The molecule has 0 amide bonds. The topological polar surface area (TPSA) is 23.8 Å². The maximum Gasteiger partial charge on any atom is 0.0656 e. The van der Waals surface area contributed by atoms with Gasteiger partial charge in [-0.1, -0.05) is 49.1 Å². The van der Waals surface area contributed by atoms with Gasteiger partial charge >= 0.3 is 0 Å². The minimum Gasteiger partial charge on any atom is -0.198 e. The van der Waals surface area contributed by atoms with Gasteiger partial charge in [-0.2, -0.15) is 5.26 Å². The SMILES string of the molecule is Cc1ccc(C2CCCCCC2C(C)C#N)cc1. The molecule has 1 aliphatic carbocycles. The van der Waals surface area contributed by atoms with Crippen LogP contribution in [0.5, 0.6) is 0 Å². The van der Waals surface area contributed by atoms with Crippen LogP contribution in [-0.2, 0) is 0 Å². The van der Waals surface area contributed by atoms with E-state index in [2.05, 4.69) is 44.2 Å². The summed E-state index contributed by atoms with van der Waals surface area (Å²) in [6.45, 7) is 4.23. The summed E-state index contributed by atoms with van der Waals surface area (Å²) in [6.07, 6.45) is 6.40. The first-order valence-electron chi connectivity index (χ1n) is 7.18. The van der Waals surface area contributed by atoms with Crippen molar-refractivity contribution in [1.29, 1.82) is 5.26 Å². The van der Waals surface area contributed by atoms with Crippen molar-refractivity contribution in [2.45, 2.75) is 51.9 Å². The highest BCUT2D eigenvalue weighted by Crippen LogP contribution is 2.40. The van der Waals surface area contributed by atoms with Gasteiger partial charge < -0.3 is 0 Å². The van der Waals surface area contributed by atoms with E-state index in [1.165, 1.54) is 43.2 Å². The van der Waals surface area contributed by atoms with Crippen molar-refractivity contribution in [3.05, 3.63) is 35.4 Å². The Hall–Kier alpha value is -1.29. The molecular weight excluding hydrogens is 218 g/mol. The summed E-state index contributed by atoms with van der Waals surface area (Å²) in [5, 5.41) is 9.24. The summed E-state index contributed by atoms with van der Waals surface area (Å²) in [5.41, 5.74) is 2.76. The molecule has 0 aromatic heterocycles. The maximum atomic E-state index is 9.24. The Morgan fingerprint density at radius 2 is 1.78 bits per heavy atom. The molecule has 0 spiro atoms. The van der Waals surface area contributed by atoms with Crippen molar-refractivity contribution in [1.82, 2.24) is 0 Å². The first-order chi connectivity index (χ1) is 8.72. The minimum atomic E-state index is 0.175. The van der Waals surface area contributed by atoms with Gasteiger partial charge in [0.15, 0.2) is 0 Å². The fraction of sp³-hybridized carbons (Fsp3) is 0.588. The van der Waals surface area contributed by atoms with E-state index in [-0.39, 0.29) is 5.92 Å². The Bertz CT molecular complexity index is 412. The van der Waals surface area contributed by atoms with Crippen molar-refractivity contribution in [2.24, 2.45) is 11.8 Å². The van der Waals surface area contributed by atoms with Crippen LogP contribution in [0, 0.1) is 30.1 Å². The monoisotopic (exact) mass is 241 g/mol. The van der Waals surface area contributed by atoms with Crippen LogP contribution in [0.25, 0.3) is 0 Å². The minimum absolute atomic E-state index is 0.175. The summed E-state index contributed by atoms with van der Waals surface area (Å²) >= 11 is 0. The highest BCUT2D eigenvalue weighted by atomic mass is 14.4. The lowest BCUT2D eigenvalue weighted by atomic mass is 9.76. The Kier molecular flexibility index (Phi) is 4.42. The molecule has 96 valence electrons. The van der Waals surface area contributed by atoms with Gasteiger partial charge in [0.1, 0.15) is 0 Å². The summed E-state index contributed by atoms with van der Waals surface area (Å²) in [7, 11) is 0. The van der Waals surface area contributed by atoms with Crippen LogP contribution in [0.1, 0.15) is 56.1 Å². The molecule has 1 fully saturated rings. The van der Waals surface area contributed by atoms with E-state index in [0.29, 0.717) is 11.8 Å². The molecule has 0 bridgehead atoms. The van der Waals surface area contributed by atoms with Crippen LogP contribution in [-0.4, -0.2) is 0 Å². The molecule has 0 N–H and O–H groups in total. The van der Waals surface area contributed by atoms with Crippen LogP contribution in [0.3, 0.4) is 0 Å². The van der Waals surface area contributed by atoms with E-state index in [1.54, 1.807) is 0 Å². The highest BCUT2D eigenvalue weighted by Gasteiger charge is 2.29. The van der Waals surface area contributed by atoms with Gasteiger partial charge in [-0.25, -0.2) is 0 Å². The second-order valence-corrected chi connectivity index (χ2v) is 5.74. The Balaban J connectivity index is 2.25. The van der Waals surface area contributed by atoms with Crippen molar-refractivity contribution in [3.63, 3.8) is 0 Å². The fourth-order valence-electron chi connectivity index (χ4n) is 3.26. The molecule has 1 saturated carbocycles.